The molecule has 27 heavy (non-hydrogen) atoms. The van der Waals surface area contributed by atoms with Crippen molar-refractivity contribution in [2.75, 3.05) is 6.79 Å². The van der Waals surface area contributed by atoms with Crippen LogP contribution < -0.4 is 19.5 Å². The molecular weight excluding hydrogens is 344 g/mol. The number of carbonyl (C=O) groups is 1. The molecule has 1 fully saturated rings. The Hall–Kier alpha value is -2.76. The maximum absolute atomic E-state index is 12.3. The van der Waals surface area contributed by atoms with Crippen LogP contribution in [0.5, 0.6) is 17.2 Å². The van der Waals surface area contributed by atoms with Crippen molar-refractivity contribution < 1.29 is 19.0 Å². The highest BCUT2D eigenvalue weighted by molar-refractivity contribution is 5.78. The van der Waals surface area contributed by atoms with Crippen molar-refractivity contribution in [3.8, 4) is 17.2 Å². The van der Waals surface area contributed by atoms with E-state index in [1.165, 1.54) is 0 Å². The van der Waals surface area contributed by atoms with Crippen LogP contribution in [0.2, 0.25) is 0 Å². The first kappa shape index (κ1) is 17.6. The summed E-state index contributed by atoms with van der Waals surface area (Å²) in [6, 6.07) is 9.77. The number of carbonyl (C=O) groups excluding carboxylic acids is 1. The van der Waals surface area contributed by atoms with Gasteiger partial charge in [0.15, 0.2) is 11.5 Å². The lowest BCUT2D eigenvalue weighted by atomic mass is 9.92. The van der Waals surface area contributed by atoms with Gasteiger partial charge in [0, 0.05) is 24.0 Å². The van der Waals surface area contributed by atoms with E-state index in [0.29, 0.717) is 6.42 Å². The third-order valence-electron chi connectivity index (χ3n) is 5.00. The molecule has 0 atom stereocenters. The van der Waals surface area contributed by atoms with Gasteiger partial charge in [-0.3, -0.25) is 9.78 Å². The van der Waals surface area contributed by atoms with Crippen LogP contribution in [-0.2, 0) is 11.2 Å². The number of hydrogen-bond donors (Lipinski definition) is 1. The normalized spacial score (nSPS) is 20.9. The van der Waals surface area contributed by atoms with E-state index in [1.54, 1.807) is 6.20 Å². The van der Waals surface area contributed by atoms with Crippen LogP contribution >= 0.6 is 0 Å². The van der Waals surface area contributed by atoms with Gasteiger partial charge in [0.1, 0.15) is 5.75 Å². The molecule has 1 aliphatic carbocycles. The summed E-state index contributed by atoms with van der Waals surface area (Å²) in [6.45, 7) is 2.27. The predicted molar refractivity (Wildman–Crippen MR) is 100 cm³/mol. The topological polar surface area (TPSA) is 69.7 Å². The summed E-state index contributed by atoms with van der Waals surface area (Å²) in [5.41, 5.74) is 1.93. The predicted octanol–water partition coefficient (Wildman–Crippen LogP) is 3.17. The summed E-state index contributed by atoms with van der Waals surface area (Å²) in [7, 11) is 0. The molecule has 2 heterocycles. The zero-order chi connectivity index (χ0) is 18.6. The van der Waals surface area contributed by atoms with Crippen molar-refractivity contribution in [1.82, 2.24) is 10.3 Å². The van der Waals surface area contributed by atoms with Crippen LogP contribution in [0.3, 0.4) is 0 Å². The quantitative estimate of drug-likeness (QED) is 0.878. The van der Waals surface area contributed by atoms with Crippen LogP contribution in [0.15, 0.2) is 36.5 Å². The minimum absolute atomic E-state index is 0.0354. The molecule has 0 bridgehead atoms. The van der Waals surface area contributed by atoms with E-state index in [1.807, 2.05) is 37.3 Å². The maximum atomic E-state index is 12.3. The molecule has 1 aromatic carbocycles. The van der Waals surface area contributed by atoms with Crippen LogP contribution in [0.1, 0.15) is 36.9 Å². The van der Waals surface area contributed by atoms with Crippen molar-refractivity contribution in [2.24, 2.45) is 0 Å². The number of pyridine rings is 1. The average Bonchev–Trinajstić information content (AvgIpc) is 3.11. The average molecular weight is 368 g/mol. The Balaban J connectivity index is 1.23. The highest BCUT2D eigenvalue weighted by Crippen LogP contribution is 2.36. The van der Waals surface area contributed by atoms with Gasteiger partial charge >= 0.3 is 0 Å². The second-order valence-corrected chi connectivity index (χ2v) is 7.18. The fraction of sp³-hybridized carbons (Fsp3) is 0.429. The van der Waals surface area contributed by atoms with Crippen LogP contribution in [0.25, 0.3) is 0 Å². The lowest BCUT2D eigenvalue weighted by Gasteiger charge is -2.29. The molecule has 0 saturated heterocycles. The number of nitrogens with zero attached hydrogens (tertiary/aromatic N) is 1. The third-order valence-corrected chi connectivity index (χ3v) is 5.00. The molecule has 1 aliphatic heterocycles. The second kappa shape index (κ2) is 7.86. The van der Waals surface area contributed by atoms with E-state index >= 15 is 0 Å². The van der Waals surface area contributed by atoms with Gasteiger partial charge in [-0.05, 0) is 62.4 Å². The molecule has 2 aliphatic rings. The number of fused-ring (bicyclic) bond motifs is 1. The number of nitrogens with one attached hydrogen (secondary N) is 1. The zero-order valence-corrected chi connectivity index (χ0v) is 15.4. The van der Waals surface area contributed by atoms with Gasteiger partial charge in [0.2, 0.25) is 12.7 Å². The van der Waals surface area contributed by atoms with E-state index in [-0.39, 0.29) is 24.8 Å². The highest BCUT2D eigenvalue weighted by Gasteiger charge is 2.24. The van der Waals surface area contributed by atoms with E-state index in [9.17, 15) is 4.79 Å². The van der Waals surface area contributed by atoms with E-state index < -0.39 is 0 Å². The minimum atomic E-state index is 0.0354. The smallest absolute Gasteiger partial charge is 0.231 e. The number of benzene rings is 1. The number of ether oxygens (including phenoxy) is 3. The van der Waals surface area contributed by atoms with Gasteiger partial charge in [-0.1, -0.05) is 0 Å². The molecule has 0 radical (unpaired) electrons. The third kappa shape index (κ3) is 4.51. The minimum Gasteiger partial charge on any atom is -0.490 e. The van der Waals surface area contributed by atoms with Crippen LogP contribution in [-0.4, -0.2) is 29.8 Å². The Morgan fingerprint density at radius 3 is 2.78 bits per heavy atom. The lowest BCUT2D eigenvalue weighted by molar-refractivity contribution is -0.121. The molecular formula is C21H24N2O4. The summed E-state index contributed by atoms with van der Waals surface area (Å²) in [4.78, 5) is 16.5. The number of hydrogen-bond acceptors (Lipinski definition) is 5. The van der Waals surface area contributed by atoms with E-state index in [4.69, 9.17) is 14.2 Å². The highest BCUT2D eigenvalue weighted by atomic mass is 16.7. The summed E-state index contributed by atoms with van der Waals surface area (Å²) in [5, 5.41) is 3.13. The van der Waals surface area contributed by atoms with Crippen molar-refractivity contribution in [1.29, 1.82) is 0 Å². The van der Waals surface area contributed by atoms with Gasteiger partial charge in [0.25, 0.3) is 0 Å². The molecule has 4 rings (SSSR count). The second-order valence-electron chi connectivity index (χ2n) is 7.18. The molecule has 6 heteroatoms. The lowest BCUT2D eigenvalue weighted by Crippen LogP contribution is -2.40. The Morgan fingerprint density at radius 1 is 1.15 bits per heavy atom. The van der Waals surface area contributed by atoms with Crippen molar-refractivity contribution >= 4 is 5.91 Å². The fourth-order valence-electron chi connectivity index (χ4n) is 3.61. The number of amides is 1. The molecule has 0 unspecified atom stereocenters. The molecule has 0 spiro atoms. The first-order valence-electron chi connectivity index (χ1n) is 9.43. The summed E-state index contributed by atoms with van der Waals surface area (Å²) >= 11 is 0. The van der Waals surface area contributed by atoms with Gasteiger partial charge < -0.3 is 19.5 Å². The van der Waals surface area contributed by atoms with E-state index in [0.717, 1.165) is 54.2 Å². The number of aryl methyl sites for hydroxylation is 1. The van der Waals surface area contributed by atoms with Gasteiger partial charge in [-0.25, -0.2) is 0 Å². The fourth-order valence-corrected chi connectivity index (χ4v) is 3.61. The van der Waals surface area contributed by atoms with Gasteiger partial charge in [-0.2, -0.15) is 0 Å². The summed E-state index contributed by atoms with van der Waals surface area (Å²) in [6.07, 6.45) is 5.91. The Morgan fingerprint density at radius 2 is 1.96 bits per heavy atom. The van der Waals surface area contributed by atoms with Gasteiger partial charge in [-0.15, -0.1) is 0 Å². The Bertz CT molecular complexity index is 816. The number of aromatic nitrogens is 1. The molecule has 142 valence electrons. The molecule has 1 saturated carbocycles. The Labute approximate surface area is 158 Å². The first-order chi connectivity index (χ1) is 13.2. The maximum Gasteiger partial charge on any atom is 0.231 e. The van der Waals surface area contributed by atoms with Crippen LogP contribution in [0.4, 0.5) is 0 Å². The summed E-state index contributed by atoms with van der Waals surface area (Å²) < 4.78 is 16.8. The van der Waals surface area contributed by atoms with Gasteiger partial charge in [0.05, 0.1) is 12.5 Å². The molecule has 1 aromatic heterocycles. The molecule has 1 amide bonds. The van der Waals surface area contributed by atoms with Crippen molar-refractivity contribution in [3.63, 3.8) is 0 Å². The SMILES string of the molecule is Cc1ccnc(CC(=O)NC2CCC(Oc3ccc4c(c3)OCO4)CC2)c1. The van der Waals surface area contributed by atoms with Crippen molar-refractivity contribution in [3.05, 3.63) is 47.8 Å². The summed E-state index contributed by atoms with van der Waals surface area (Å²) in [5.74, 6) is 2.33. The first-order valence-corrected chi connectivity index (χ1v) is 9.43. The monoisotopic (exact) mass is 368 g/mol. The van der Waals surface area contributed by atoms with Crippen molar-refractivity contribution in [2.45, 2.75) is 51.2 Å². The Kier molecular flexibility index (Phi) is 5.14. The molecule has 6 nitrogen and oxygen atoms in total. The van der Waals surface area contributed by atoms with Crippen LogP contribution in [0, 0.1) is 6.92 Å². The number of rotatable bonds is 5. The molecule has 1 N–H and O–H groups in total. The largest absolute Gasteiger partial charge is 0.490 e. The molecule has 2 aromatic rings. The van der Waals surface area contributed by atoms with E-state index in [2.05, 4.69) is 10.3 Å². The standard InChI is InChI=1S/C21H24N2O4/c1-14-8-9-22-16(10-14)11-21(24)23-15-2-4-17(5-3-15)27-18-6-7-19-20(12-18)26-13-25-19/h6-10,12,15,17H,2-5,11,13H2,1H3,(H,23,24). The zero-order valence-electron chi connectivity index (χ0n) is 15.4.